The third kappa shape index (κ3) is 3.54. The molecule has 0 aliphatic carbocycles. The third-order valence-electron chi connectivity index (χ3n) is 3.58. The summed E-state index contributed by atoms with van der Waals surface area (Å²) in [4.78, 5) is 16.9. The molecule has 0 N–H and O–H groups in total. The number of carbonyl (C=O) groups is 1. The molecule has 1 aromatic heterocycles. The van der Waals surface area contributed by atoms with E-state index in [0.717, 1.165) is 21.5 Å². The van der Waals surface area contributed by atoms with Crippen molar-refractivity contribution in [2.24, 2.45) is 12.0 Å². The number of carbonyl (C=O) groups excluding carboxylic acids is 1. The monoisotopic (exact) mass is 344 g/mol. The van der Waals surface area contributed by atoms with E-state index in [0.29, 0.717) is 11.4 Å². The van der Waals surface area contributed by atoms with E-state index in [9.17, 15) is 9.18 Å². The van der Waals surface area contributed by atoms with Crippen LogP contribution in [-0.2, 0) is 18.3 Å². The third-order valence-corrected chi connectivity index (χ3v) is 4.68. The lowest BCUT2D eigenvalue weighted by atomic mass is 10.1. The average Bonchev–Trinajstić information content (AvgIpc) is 2.85. The van der Waals surface area contributed by atoms with Crippen LogP contribution in [0.1, 0.15) is 12.5 Å². The van der Waals surface area contributed by atoms with Crippen LogP contribution in [0.25, 0.3) is 10.2 Å². The van der Waals surface area contributed by atoms with Gasteiger partial charge in [0, 0.05) is 7.05 Å². The van der Waals surface area contributed by atoms with Gasteiger partial charge in [0.25, 0.3) is 5.91 Å². The van der Waals surface area contributed by atoms with Gasteiger partial charge in [-0.1, -0.05) is 23.5 Å². The quantitative estimate of drug-likeness (QED) is 0.728. The summed E-state index contributed by atoms with van der Waals surface area (Å²) in [6.45, 7) is 2.53. The molecule has 4 nitrogen and oxygen atoms in total. The van der Waals surface area contributed by atoms with Gasteiger partial charge in [-0.15, -0.1) is 0 Å². The topological polar surface area (TPSA) is 43.6 Å². The van der Waals surface area contributed by atoms with Crippen molar-refractivity contribution in [1.82, 2.24) is 4.57 Å². The first-order valence-electron chi connectivity index (χ1n) is 7.61. The molecule has 0 atom stereocenters. The van der Waals surface area contributed by atoms with Crippen molar-refractivity contribution in [3.63, 3.8) is 0 Å². The Hall–Kier alpha value is -2.47. The van der Waals surface area contributed by atoms with Crippen LogP contribution in [0.15, 0.2) is 47.5 Å². The fourth-order valence-corrected chi connectivity index (χ4v) is 3.47. The van der Waals surface area contributed by atoms with Gasteiger partial charge in [0.1, 0.15) is 11.6 Å². The lowest BCUT2D eigenvalue weighted by Crippen LogP contribution is -2.14. The fraction of sp³-hybridized carbons (Fsp3) is 0.222. The van der Waals surface area contributed by atoms with Gasteiger partial charge in [0.05, 0.1) is 23.2 Å². The predicted molar refractivity (Wildman–Crippen MR) is 92.6 cm³/mol. The maximum absolute atomic E-state index is 13.3. The summed E-state index contributed by atoms with van der Waals surface area (Å²) in [6, 6.07) is 12.0. The summed E-state index contributed by atoms with van der Waals surface area (Å²) in [6.07, 6.45) is 0.217. The number of fused-ring (bicyclic) bond motifs is 1. The van der Waals surface area contributed by atoms with Crippen molar-refractivity contribution in [3.8, 4) is 5.75 Å². The molecule has 0 radical (unpaired) electrons. The van der Waals surface area contributed by atoms with Crippen LogP contribution in [0.4, 0.5) is 4.39 Å². The number of ether oxygens (including phenoxy) is 1. The molecule has 0 saturated heterocycles. The second kappa shape index (κ2) is 6.97. The first-order chi connectivity index (χ1) is 11.6. The number of benzene rings is 2. The number of amides is 1. The summed E-state index contributed by atoms with van der Waals surface area (Å²) >= 11 is 1.30. The van der Waals surface area contributed by atoms with Crippen molar-refractivity contribution in [2.75, 3.05) is 6.61 Å². The molecule has 6 heteroatoms. The second-order valence-electron chi connectivity index (χ2n) is 5.31. The van der Waals surface area contributed by atoms with Crippen molar-refractivity contribution < 1.29 is 13.9 Å². The van der Waals surface area contributed by atoms with Crippen molar-refractivity contribution in [3.05, 3.63) is 58.6 Å². The number of aromatic nitrogens is 1. The zero-order chi connectivity index (χ0) is 17.1. The molecule has 0 fully saturated rings. The number of rotatable bonds is 4. The molecule has 24 heavy (non-hydrogen) atoms. The van der Waals surface area contributed by atoms with Crippen LogP contribution in [0.2, 0.25) is 0 Å². The molecule has 0 unspecified atom stereocenters. The Morgan fingerprint density at radius 1 is 1.25 bits per heavy atom. The van der Waals surface area contributed by atoms with Gasteiger partial charge >= 0.3 is 0 Å². The summed E-state index contributed by atoms with van der Waals surface area (Å²) in [5.41, 5.74) is 1.73. The van der Waals surface area contributed by atoms with Crippen LogP contribution in [-0.4, -0.2) is 17.1 Å². The maximum atomic E-state index is 13.3. The highest BCUT2D eigenvalue weighted by molar-refractivity contribution is 7.16. The van der Waals surface area contributed by atoms with Crippen LogP contribution in [0.5, 0.6) is 5.75 Å². The average molecular weight is 344 g/mol. The second-order valence-corrected chi connectivity index (χ2v) is 6.32. The zero-order valence-electron chi connectivity index (χ0n) is 13.5. The first-order valence-corrected chi connectivity index (χ1v) is 8.43. The highest BCUT2D eigenvalue weighted by atomic mass is 32.1. The van der Waals surface area contributed by atoms with Crippen LogP contribution in [0.3, 0.4) is 0 Å². The minimum atomic E-state index is -0.295. The van der Waals surface area contributed by atoms with Gasteiger partial charge in [0.15, 0.2) is 4.80 Å². The number of nitrogens with zero attached hydrogens (tertiary/aromatic N) is 2. The van der Waals surface area contributed by atoms with E-state index in [1.165, 1.54) is 23.5 Å². The van der Waals surface area contributed by atoms with E-state index < -0.39 is 0 Å². The zero-order valence-corrected chi connectivity index (χ0v) is 14.3. The Morgan fingerprint density at radius 3 is 2.71 bits per heavy atom. The smallest absolute Gasteiger partial charge is 0.252 e. The molecular formula is C18H17FN2O2S. The van der Waals surface area contributed by atoms with E-state index in [1.807, 2.05) is 38.2 Å². The van der Waals surface area contributed by atoms with E-state index >= 15 is 0 Å². The van der Waals surface area contributed by atoms with Gasteiger partial charge in [-0.05, 0) is 42.8 Å². The van der Waals surface area contributed by atoms with E-state index in [2.05, 4.69) is 4.99 Å². The standard InChI is InChI=1S/C18H17FN2O2S/c1-3-23-14-7-4-12(5-8-14)10-17(22)20-18-21(2)15-9-6-13(19)11-16(15)24-18/h4-9,11H,3,10H2,1-2H3. The summed E-state index contributed by atoms with van der Waals surface area (Å²) in [5, 5.41) is 0. The lowest BCUT2D eigenvalue weighted by Gasteiger charge is -2.03. The SMILES string of the molecule is CCOc1ccc(CC(=O)N=c2sc3cc(F)ccc3n2C)cc1. The summed E-state index contributed by atoms with van der Waals surface area (Å²) < 4.78 is 21.3. The van der Waals surface area contributed by atoms with Gasteiger partial charge in [-0.25, -0.2) is 4.39 Å². The Bertz CT molecular complexity index is 942. The molecule has 0 aliphatic rings. The molecule has 0 saturated carbocycles. The van der Waals surface area contributed by atoms with Crippen LogP contribution in [0, 0.1) is 5.82 Å². The Labute approximate surface area is 142 Å². The number of hydrogen-bond donors (Lipinski definition) is 0. The van der Waals surface area contributed by atoms with Crippen molar-refractivity contribution >= 4 is 27.5 Å². The van der Waals surface area contributed by atoms with Crippen LogP contribution >= 0.6 is 11.3 Å². The van der Waals surface area contributed by atoms with Gasteiger partial charge in [-0.2, -0.15) is 4.99 Å². The maximum Gasteiger partial charge on any atom is 0.252 e. The van der Waals surface area contributed by atoms with E-state index in [4.69, 9.17) is 4.74 Å². The molecule has 0 aliphatic heterocycles. The molecular weight excluding hydrogens is 327 g/mol. The highest BCUT2D eigenvalue weighted by Gasteiger charge is 2.07. The molecule has 1 heterocycles. The molecule has 2 aromatic carbocycles. The Morgan fingerprint density at radius 2 is 2.00 bits per heavy atom. The fourth-order valence-electron chi connectivity index (χ4n) is 2.41. The molecule has 3 aromatic rings. The summed E-state index contributed by atoms with van der Waals surface area (Å²) in [5.74, 6) is 0.252. The molecule has 0 spiro atoms. The van der Waals surface area contributed by atoms with E-state index in [1.54, 1.807) is 10.6 Å². The number of aryl methyl sites for hydroxylation is 1. The molecule has 124 valence electrons. The predicted octanol–water partition coefficient (Wildman–Crippen LogP) is 3.45. The van der Waals surface area contributed by atoms with Crippen molar-refractivity contribution in [2.45, 2.75) is 13.3 Å². The van der Waals surface area contributed by atoms with Crippen molar-refractivity contribution in [1.29, 1.82) is 0 Å². The molecule has 1 amide bonds. The number of halogens is 1. The van der Waals surface area contributed by atoms with Gasteiger partial charge in [-0.3, -0.25) is 4.79 Å². The first kappa shape index (κ1) is 16.4. The summed E-state index contributed by atoms with van der Waals surface area (Å²) in [7, 11) is 1.82. The van der Waals surface area contributed by atoms with Gasteiger partial charge < -0.3 is 9.30 Å². The number of hydrogen-bond acceptors (Lipinski definition) is 3. The molecule has 3 rings (SSSR count). The highest BCUT2D eigenvalue weighted by Crippen LogP contribution is 2.17. The van der Waals surface area contributed by atoms with Gasteiger partial charge in [0.2, 0.25) is 0 Å². The minimum Gasteiger partial charge on any atom is -0.494 e. The Balaban J connectivity index is 1.83. The minimum absolute atomic E-state index is 0.217. The number of thiazole rings is 1. The lowest BCUT2D eigenvalue weighted by molar-refractivity contribution is -0.117. The van der Waals surface area contributed by atoms with Crippen LogP contribution < -0.4 is 9.54 Å². The Kier molecular flexibility index (Phi) is 4.76. The molecule has 0 bridgehead atoms. The largest absolute Gasteiger partial charge is 0.494 e. The normalized spacial score (nSPS) is 11.9. The van der Waals surface area contributed by atoms with E-state index in [-0.39, 0.29) is 18.1 Å².